The molecule has 0 aliphatic carbocycles. The van der Waals surface area contributed by atoms with E-state index in [1.165, 1.54) is 6.07 Å². The first-order valence-corrected chi connectivity index (χ1v) is 7.57. The second-order valence-corrected chi connectivity index (χ2v) is 5.27. The fourth-order valence-electron chi connectivity index (χ4n) is 2.27. The van der Waals surface area contributed by atoms with E-state index in [4.69, 9.17) is 4.74 Å². The van der Waals surface area contributed by atoms with Crippen LogP contribution in [-0.2, 0) is 0 Å². The van der Waals surface area contributed by atoms with Crippen LogP contribution in [0.2, 0.25) is 0 Å². The molecule has 1 unspecified atom stereocenters. The number of aliphatic hydroxyl groups excluding tert-OH is 1. The summed E-state index contributed by atoms with van der Waals surface area (Å²) in [6.45, 7) is 3.86. The van der Waals surface area contributed by atoms with Crippen LogP contribution in [0.4, 0.5) is 8.78 Å². The number of halogens is 2. The fraction of sp³-hybridized carbons (Fsp3) is 0.278. The number of aryl methyl sites for hydroxylation is 1. The van der Waals surface area contributed by atoms with Gasteiger partial charge in [0.2, 0.25) is 0 Å². The van der Waals surface area contributed by atoms with Crippen LogP contribution < -0.4 is 10.1 Å². The van der Waals surface area contributed by atoms with Gasteiger partial charge in [-0.05, 0) is 43.7 Å². The van der Waals surface area contributed by atoms with Crippen molar-refractivity contribution in [1.82, 2.24) is 5.32 Å². The summed E-state index contributed by atoms with van der Waals surface area (Å²) in [6.07, 6.45) is -1.48. The monoisotopic (exact) mass is 335 g/mol. The molecule has 6 heteroatoms. The largest absolute Gasteiger partial charge is 0.494 e. The highest BCUT2D eigenvalue weighted by atomic mass is 19.1. The number of carbonyl (C=O) groups excluding carboxylic acids is 1. The van der Waals surface area contributed by atoms with Crippen molar-refractivity contribution >= 4 is 5.91 Å². The van der Waals surface area contributed by atoms with E-state index in [-0.39, 0.29) is 6.54 Å². The van der Waals surface area contributed by atoms with Gasteiger partial charge in [0, 0.05) is 12.1 Å². The van der Waals surface area contributed by atoms with Crippen LogP contribution in [-0.4, -0.2) is 24.2 Å². The molecule has 4 nitrogen and oxygen atoms in total. The van der Waals surface area contributed by atoms with Crippen LogP contribution in [0.3, 0.4) is 0 Å². The molecule has 0 radical (unpaired) electrons. The number of rotatable bonds is 6. The number of benzene rings is 2. The Labute approximate surface area is 139 Å². The van der Waals surface area contributed by atoms with Crippen molar-refractivity contribution in [1.29, 1.82) is 0 Å². The average molecular weight is 335 g/mol. The first kappa shape index (κ1) is 17.9. The molecule has 0 aromatic heterocycles. The molecule has 0 fully saturated rings. The minimum absolute atomic E-state index is 0.311. The molecule has 0 saturated heterocycles. The molecule has 1 atom stereocenters. The molecule has 0 heterocycles. The predicted molar refractivity (Wildman–Crippen MR) is 86.0 cm³/mol. The number of carbonyl (C=O) groups is 1. The third-order valence-corrected chi connectivity index (χ3v) is 3.54. The van der Waals surface area contributed by atoms with E-state index in [9.17, 15) is 18.7 Å². The van der Waals surface area contributed by atoms with Crippen molar-refractivity contribution in [3.63, 3.8) is 0 Å². The summed E-state index contributed by atoms with van der Waals surface area (Å²) in [4.78, 5) is 12.2. The molecule has 24 heavy (non-hydrogen) atoms. The van der Waals surface area contributed by atoms with Gasteiger partial charge in [-0.2, -0.15) is 0 Å². The van der Waals surface area contributed by atoms with Crippen LogP contribution in [0.1, 0.15) is 34.5 Å². The lowest BCUT2D eigenvalue weighted by atomic mass is 10.1. The maximum atomic E-state index is 13.6. The maximum absolute atomic E-state index is 13.6. The highest BCUT2D eigenvalue weighted by Gasteiger charge is 2.19. The molecule has 128 valence electrons. The molecule has 0 aliphatic rings. The molecule has 2 rings (SSSR count). The number of ether oxygens (including phenoxy) is 1. The van der Waals surface area contributed by atoms with Crippen molar-refractivity contribution < 1.29 is 23.4 Å². The lowest BCUT2D eigenvalue weighted by molar-refractivity contribution is 0.0911. The fourth-order valence-corrected chi connectivity index (χ4v) is 2.27. The van der Waals surface area contributed by atoms with Crippen molar-refractivity contribution in [3.05, 3.63) is 64.7 Å². The Morgan fingerprint density at radius 1 is 1.25 bits per heavy atom. The lowest BCUT2D eigenvalue weighted by Crippen LogP contribution is -2.29. The van der Waals surface area contributed by atoms with Crippen molar-refractivity contribution in [2.75, 3.05) is 13.2 Å². The molecule has 0 saturated carbocycles. The number of hydrogen-bond acceptors (Lipinski definition) is 3. The Morgan fingerprint density at radius 3 is 2.54 bits per heavy atom. The van der Waals surface area contributed by atoms with Gasteiger partial charge >= 0.3 is 0 Å². The third kappa shape index (κ3) is 4.08. The quantitative estimate of drug-likeness (QED) is 0.853. The van der Waals surface area contributed by atoms with E-state index in [0.717, 1.165) is 17.7 Å². The van der Waals surface area contributed by atoms with E-state index in [1.54, 1.807) is 18.2 Å². The van der Waals surface area contributed by atoms with Crippen molar-refractivity contribution in [2.45, 2.75) is 20.0 Å². The van der Waals surface area contributed by atoms with Gasteiger partial charge in [0.15, 0.2) is 0 Å². The Balaban J connectivity index is 2.06. The maximum Gasteiger partial charge on any atom is 0.251 e. The molecule has 1 amide bonds. The summed E-state index contributed by atoms with van der Waals surface area (Å²) < 4.78 is 32.6. The van der Waals surface area contributed by atoms with Gasteiger partial charge in [-0.25, -0.2) is 8.78 Å². The Morgan fingerprint density at radius 2 is 1.92 bits per heavy atom. The zero-order valence-corrected chi connectivity index (χ0v) is 13.5. The molecule has 2 aromatic carbocycles. The molecule has 0 bridgehead atoms. The summed E-state index contributed by atoms with van der Waals surface area (Å²) in [7, 11) is 0. The standard InChI is InChI=1S/C18H19F2NO3/c1-3-24-16-9-12(8-7-11(16)2)18(23)21-10-15(22)17-13(19)5-4-6-14(17)20/h4-9,15,22H,3,10H2,1-2H3,(H,21,23). The minimum Gasteiger partial charge on any atom is -0.494 e. The van der Waals surface area contributed by atoms with E-state index >= 15 is 0 Å². The van der Waals surface area contributed by atoms with Crippen molar-refractivity contribution in [3.8, 4) is 5.75 Å². The third-order valence-electron chi connectivity index (χ3n) is 3.54. The van der Waals surface area contributed by atoms with Gasteiger partial charge in [-0.3, -0.25) is 4.79 Å². The van der Waals surface area contributed by atoms with Crippen LogP contribution in [0.25, 0.3) is 0 Å². The van der Waals surface area contributed by atoms with Gasteiger partial charge in [0.1, 0.15) is 23.5 Å². The predicted octanol–water partition coefficient (Wildman–Crippen LogP) is 3.14. The highest BCUT2D eigenvalue weighted by Crippen LogP contribution is 2.21. The Kier molecular flexibility index (Phi) is 5.87. The Hall–Kier alpha value is -2.47. The SMILES string of the molecule is CCOc1cc(C(=O)NCC(O)c2c(F)cccc2F)ccc1C. The van der Waals surface area contributed by atoms with Crippen molar-refractivity contribution in [2.24, 2.45) is 0 Å². The second kappa shape index (κ2) is 7.88. The summed E-state index contributed by atoms with van der Waals surface area (Å²) in [5, 5.41) is 12.4. The van der Waals surface area contributed by atoms with Gasteiger partial charge < -0.3 is 15.2 Å². The van der Waals surface area contributed by atoms with E-state index in [1.807, 2.05) is 13.8 Å². The van der Waals surface area contributed by atoms with Crippen LogP contribution in [0.15, 0.2) is 36.4 Å². The normalized spacial score (nSPS) is 11.9. The number of aliphatic hydroxyl groups is 1. The highest BCUT2D eigenvalue weighted by molar-refractivity contribution is 5.94. The summed E-state index contributed by atoms with van der Waals surface area (Å²) >= 11 is 0. The summed E-state index contributed by atoms with van der Waals surface area (Å²) in [6, 6.07) is 8.26. The molecule has 0 spiro atoms. The zero-order chi connectivity index (χ0) is 17.7. The molecular weight excluding hydrogens is 316 g/mol. The number of nitrogens with one attached hydrogen (secondary N) is 1. The number of hydrogen-bond donors (Lipinski definition) is 2. The molecule has 2 N–H and O–H groups in total. The summed E-state index contributed by atoms with van der Waals surface area (Å²) in [5.41, 5.74) is 0.767. The van der Waals surface area contributed by atoms with Gasteiger partial charge in [0.05, 0.1) is 12.2 Å². The van der Waals surface area contributed by atoms with E-state index in [0.29, 0.717) is 17.9 Å². The first-order valence-electron chi connectivity index (χ1n) is 7.57. The van der Waals surface area contributed by atoms with Crippen LogP contribution in [0.5, 0.6) is 5.75 Å². The lowest BCUT2D eigenvalue weighted by Gasteiger charge is -2.14. The molecule has 0 aliphatic heterocycles. The van der Waals surface area contributed by atoms with Gasteiger partial charge in [-0.1, -0.05) is 12.1 Å². The first-order chi connectivity index (χ1) is 11.4. The van der Waals surface area contributed by atoms with E-state index < -0.39 is 29.2 Å². The van der Waals surface area contributed by atoms with Gasteiger partial charge in [-0.15, -0.1) is 0 Å². The Bertz CT molecular complexity index is 714. The molecule has 2 aromatic rings. The smallest absolute Gasteiger partial charge is 0.251 e. The van der Waals surface area contributed by atoms with Crippen LogP contribution >= 0.6 is 0 Å². The summed E-state index contributed by atoms with van der Waals surface area (Å²) in [5.74, 6) is -1.59. The van der Waals surface area contributed by atoms with Crippen LogP contribution in [0, 0.1) is 18.6 Å². The average Bonchev–Trinajstić information content (AvgIpc) is 2.54. The topological polar surface area (TPSA) is 58.6 Å². The number of amides is 1. The van der Waals surface area contributed by atoms with Gasteiger partial charge in [0.25, 0.3) is 5.91 Å². The minimum atomic E-state index is -1.48. The van der Waals surface area contributed by atoms with E-state index in [2.05, 4.69) is 5.32 Å². The second-order valence-electron chi connectivity index (χ2n) is 5.27. The molecular formula is C18H19F2NO3. The zero-order valence-electron chi connectivity index (χ0n) is 13.5.